The first-order valence-electron chi connectivity index (χ1n) is 10.6. The van der Waals surface area contributed by atoms with E-state index in [9.17, 15) is 18.0 Å². The van der Waals surface area contributed by atoms with Crippen LogP contribution >= 0.6 is 11.6 Å². The smallest absolute Gasteiger partial charge is 0.253 e. The van der Waals surface area contributed by atoms with Gasteiger partial charge in [-0.25, -0.2) is 8.42 Å². The summed E-state index contributed by atoms with van der Waals surface area (Å²) in [6.45, 7) is 3.78. The molecular weight excluding hydrogens is 426 g/mol. The molecule has 9 heteroatoms. The Morgan fingerprint density at radius 1 is 0.933 bits per heavy atom. The zero-order valence-corrected chi connectivity index (χ0v) is 18.6. The number of carbonyl (C=O) groups is 2. The number of carbonyl (C=O) groups excluding carboxylic acids is 2. The zero-order chi connectivity index (χ0) is 21.3. The van der Waals surface area contributed by atoms with Crippen molar-refractivity contribution in [3.63, 3.8) is 0 Å². The molecule has 7 nitrogen and oxygen atoms in total. The highest BCUT2D eigenvalue weighted by Gasteiger charge is 2.36. The summed E-state index contributed by atoms with van der Waals surface area (Å²) >= 11 is 5.91. The van der Waals surface area contributed by atoms with Gasteiger partial charge in [-0.1, -0.05) is 11.6 Å². The van der Waals surface area contributed by atoms with E-state index in [1.54, 1.807) is 29.2 Å². The van der Waals surface area contributed by atoms with Crippen LogP contribution in [-0.2, 0) is 14.6 Å². The Hall–Kier alpha value is -1.64. The van der Waals surface area contributed by atoms with Crippen molar-refractivity contribution >= 4 is 33.3 Å². The molecule has 0 bridgehead atoms. The standard InChI is InChI=1S/C21H28ClN3O4S/c22-18-5-3-16(4-6-18)20(26)25-8-1-2-17(14-25)21(27)24-11-9-23(10-12-24)19-7-13-30(28,29)15-19/h3-6,17,19H,1-2,7-15H2/t17-,19+/m1/s1. The Morgan fingerprint density at radius 2 is 1.63 bits per heavy atom. The van der Waals surface area contributed by atoms with Gasteiger partial charge in [0.2, 0.25) is 5.91 Å². The van der Waals surface area contributed by atoms with E-state index in [0.29, 0.717) is 56.3 Å². The number of halogens is 1. The van der Waals surface area contributed by atoms with Crippen LogP contribution in [0.1, 0.15) is 29.6 Å². The van der Waals surface area contributed by atoms with Gasteiger partial charge in [0.15, 0.2) is 9.84 Å². The van der Waals surface area contributed by atoms with Gasteiger partial charge in [-0.05, 0) is 43.5 Å². The number of hydrogen-bond donors (Lipinski definition) is 0. The van der Waals surface area contributed by atoms with Crippen LogP contribution < -0.4 is 0 Å². The summed E-state index contributed by atoms with van der Waals surface area (Å²) in [5, 5.41) is 0.590. The Kier molecular flexibility index (Phi) is 6.36. The van der Waals surface area contributed by atoms with Crippen LogP contribution in [-0.4, -0.2) is 91.7 Å². The van der Waals surface area contributed by atoms with Gasteiger partial charge in [-0.2, -0.15) is 0 Å². The minimum atomic E-state index is -2.90. The number of likely N-dealkylation sites (tertiary alicyclic amines) is 1. The Balaban J connectivity index is 1.31. The first-order chi connectivity index (χ1) is 14.3. The fourth-order valence-electron chi connectivity index (χ4n) is 4.77. The largest absolute Gasteiger partial charge is 0.340 e. The quantitative estimate of drug-likeness (QED) is 0.693. The molecule has 3 heterocycles. The number of hydrogen-bond acceptors (Lipinski definition) is 5. The van der Waals surface area contributed by atoms with Crippen LogP contribution in [0.4, 0.5) is 0 Å². The highest BCUT2D eigenvalue weighted by molar-refractivity contribution is 7.91. The molecule has 0 saturated carbocycles. The molecule has 4 rings (SSSR count). The molecule has 0 N–H and O–H groups in total. The molecule has 1 aromatic rings. The monoisotopic (exact) mass is 453 g/mol. The Labute approximate surface area is 182 Å². The summed E-state index contributed by atoms with van der Waals surface area (Å²) in [5.41, 5.74) is 0.590. The third-order valence-electron chi connectivity index (χ3n) is 6.50. The summed E-state index contributed by atoms with van der Waals surface area (Å²) in [7, 11) is -2.90. The molecule has 3 aliphatic rings. The highest BCUT2D eigenvalue weighted by Crippen LogP contribution is 2.24. The van der Waals surface area contributed by atoms with Crippen molar-refractivity contribution in [2.45, 2.75) is 25.3 Å². The molecule has 3 aliphatic heterocycles. The van der Waals surface area contributed by atoms with E-state index in [0.717, 1.165) is 12.8 Å². The molecule has 1 aromatic carbocycles. The molecule has 3 saturated heterocycles. The van der Waals surface area contributed by atoms with Crippen molar-refractivity contribution in [2.75, 3.05) is 50.8 Å². The molecule has 3 fully saturated rings. The van der Waals surface area contributed by atoms with Crippen LogP contribution in [0.3, 0.4) is 0 Å². The average Bonchev–Trinajstić information content (AvgIpc) is 3.13. The molecule has 0 aromatic heterocycles. The van der Waals surface area contributed by atoms with Crippen molar-refractivity contribution in [3.8, 4) is 0 Å². The van der Waals surface area contributed by atoms with Gasteiger partial charge in [-0.3, -0.25) is 14.5 Å². The maximum Gasteiger partial charge on any atom is 0.253 e. The predicted molar refractivity (Wildman–Crippen MR) is 115 cm³/mol. The number of sulfone groups is 1. The van der Waals surface area contributed by atoms with Gasteiger partial charge in [0.1, 0.15) is 0 Å². The van der Waals surface area contributed by atoms with Crippen molar-refractivity contribution in [2.24, 2.45) is 5.92 Å². The number of piperidine rings is 1. The SMILES string of the molecule is O=C(c1ccc(Cl)cc1)N1CCC[C@@H](C(=O)N2CCN([C@H]3CCS(=O)(=O)C3)CC2)C1. The summed E-state index contributed by atoms with van der Waals surface area (Å²) in [5.74, 6) is 0.397. The first kappa shape index (κ1) is 21.6. The summed E-state index contributed by atoms with van der Waals surface area (Å²) < 4.78 is 23.5. The minimum Gasteiger partial charge on any atom is -0.340 e. The van der Waals surface area contributed by atoms with E-state index >= 15 is 0 Å². The predicted octanol–water partition coefficient (Wildman–Crippen LogP) is 1.52. The van der Waals surface area contributed by atoms with Crippen LogP contribution in [0.25, 0.3) is 0 Å². The van der Waals surface area contributed by atoms with Crippen LogP contribution in [0.5, 0.6) is 0 Å². The lowest BCUT2D eigenvalue weighted by Crippen LogP contribution is -2.55. The second kappa shape index (κ2) is 8.85. The third kappa shape index (κ3) is 4.81. The van der Waals surface area contributed by atoms with Crippen LogP contribution in [0.15, 0.2) is 24.3 Å². The first-order valence-corrected chi connectivity index (χ1v) is 12.8. The van der Waals surface area contributed by atoms with Gasteiger partial charge >= 0.3 is 0 Å². The second-order valence-electron chi connectivity index (χ2n) is 8.52. The number of benzene rings is 1. The summed E-state index contributed by atoms with van der Waals surface area (Å²) in [6, 6.07) is 6.94. The second-order valence-corrected chi connectivity index (χ2v) is 11.2. The van der Waals surface area contributed by atoms with Gasteiger partial charge < -0.3 is 9.80 Å². The van der Waals surface area contributed by atoms with E-state index in [1.165, 1.54) is 0 Å². The van der Waals surface area contributed by atoms with E-state index in [2.05, 4.69) is 4.90 Å². The van der Waals surface area contributed by atoms with Crippen LogP contribution in [0, 0.1) is 5.92 Å². The maximum atomic E-state index is 13.1. The number of piperazine rings is 1. The van der Waals surface area contributed by atoms with Crippen molar-refractivity contribution < 1.29 is 18.0 Å². The lowest BCUT2D eigenvalue weighted by Gasteiger charge is -2.40. The maximum absolute atomic E-state index is 13.1. The normalized spacial score (nSPS) is 27.2. The minimum absolute atomic E-state index is 0.0589. The van der Waals surface area contributed by atoms with Crippen LogP contribution in [0.2, 0.25) is 5.02 Å². The molecular formula is C21H28ClN3O4S. The van der Waals surface area contributed by atoms with E-state index in [-0.39, 0.29) is 35.3 Å². The molecule has 0 spiro atoms. The third-order valence-corrected chi connectivity index (χ3v) is 8.50. The number of amides is 2. The fourth-order valence-corrected chi connectivity index (χ4v) is 6.65. The van der Waals surface area contributed by atoms with E-state index in [4.69, 9.17) is 11.6 Å². The molecule has 2 amide bonds. The zero-order valence-electron chi connectivity index (χ0n) is 17.0. The Bertz CT molecular complexity index is 897. The summed E-state index contributed by atoms with van der Waals surface area (Å²) in [4.78, 5) is 31.8. The molecule has 0 radical (unpaired) electrons. The molecule has 30 heavy (non-hydrogen) atoms. The lowest BCUT2D eigenvalue weighted by molar-refractivity contribution is -0.139. The van der Waals surface area contributed by atoms with Gasteiger partial charge in [-0.15, -0.1) is 0 Å². The molecule has 0 unspecified atom stereocenters. The molecule has 164 valence electrons. The van der Waals surface area contributed by atoms with E-state index in [1.807, 2.05) is 4.90 Å². The average molecular weight is 454 g/mol. The summed E-state index contributed by atoms with van der Waals surface area (Å²) in [6.07, 6.45) is 2.31. The topological polar surface area (TPSA) is 78.0 Å². The van der Waals surface area contributed by atoms with Crippen molar-refractivity contribution in [1.82, 2.24) is 14.7 Å². The highest BCUT2D eigenvalue weighted by atomic mass is 35.5. The van der Waals surface area contributed by atoms with Gasteiger partial charge in [0.25, 0.3) is 5.91 Å². The van der Waals surface area contributed by atoms with Gasteiger partial charge in [0, 0.05) is 55.9 Å². The Morgan fingerprint density at radius 3 is 2.27 bits per heavy atom. The molecule has 2 atom stereocenters. The van der Waals surface area contributed by atoms with Crippen molar-refractivity contribution in [1.29, 1.82) is 0 Å². The fraction of sp³-hybridized carbons (Fsp3) is 0.619. The molecule has 0 aliphatic carbocycles. The van der Waals surface area contributed by atoms with Gasteiger partial charge in [0.05, 0.1) is 17.4 Å². The van der Waals surface area contributed by atoms with E-state index < -0.39 is 9.84 Å². The van der Waals surface area contributed by atoms with Crippen molar-refractivity contribution in [3.05, 3.63) is 34.9 Å². The number of nitrogens with zero attached hydrogens (tertiary/aromatic N) is 3. The lowest BCUT2D eigenvalue weighted by atomic mass is 9.95. The number of rotatable bonds is 3.